The van der Waals surface area contributed by atoms with Gasteiger partial charge in [-0.05, 0) is 68.8 Å². The van der Waals surface area contributed by atoms with E-state index in [9.17, 15) is 24.3 Å². The van der Waals surface area contributed by atoms with Gasteiger partial charge in [-0.25, -0.2) is 9.59 Å². The number of hydrogen-bond acceptors (Lipinski definition) is 7. The topological polar surface area (TPSA) is 133 Å². The minimum absolute atomic E-state index is 0.172. The standard InChI is InChI=1S/C31H40N6O5/c1-3-22-17-23(8-7-21(22)2)32-27-19-29(39)36(31(42)33-27)12-6-4-5-11-34-13-15-35(16-14-34)28-18-26(38)25(30(40)41)20-37(28)24-9-10-24/h7-8,17-20,24,32H,3-6,9-16H2,1-2H3,(H,33,42)(H,40,41). The Hall–Kier alpha value is -4.12. The second-order valence-corrected chi connectivity index (χ2v) is 11.3. The van der Waals surface area contributed by atoms with Gasteiger partial charge < -0.3 is 19.9 Å². The van der Waals surface area contributed by atoms with Crippen LogP contribution >= 0.6 is 0 Å². The number of nitrogens with one attached hydrogen (secondary N) is 2. The van der Waals surface area contributed by atoms with Crippen LogP contribution in [0.3, 0.4) is 0 Å². The molecule has 3 heterocycles. The molecule has 1 saturated heterocycles. The molecule has 1 aromatic carbocycles. The number of hydrogen-bond donors (Lipinski definition) is 3. The molecule has 1 aliphatic carbocycles. The second-order valence-electron chi connectivity index (χ2n) is 11.3. The number of piperazine rings is 1. The van der Waals surface area contributed by atoms with Crippen LogP contribution < -0.4 is 26.9 Å². The molecule has 0 amide bonds. The van der Waals surface area contributed by atoms with Crippen LogP contribution in [0.25, 0.3) is 0 Å². The smallest absolute Gasteiger partial charge is 0.341 e. The van der Waals surface area contributed by atoms with Gasteiger partial charge in [-0.15, -0.1) is 0 Å². The summed E-state index contributed by atoms with van der Waals surface area (Å²) in [6.07, 6.45) is 7.01. The summed E-state index contributed by atoms with van der Waals surface area (Å²) in [7, 11) is 0. The summed E-state index contributed by atoms with van der Waals surface area (Å²) in [4.78, 5) is 56.5. The molecule has 3 aromatic rings. The summed E-state index contributed by atoms with van der Waals surface area (Å²) in [5.41, 5.74) is 1.90. The van der Waals surface area contributed by atoms with Crippen molar-refractivity contribution in [2.45, 2.75) is 65.0 Å². The highest BCUT2D eigenvalue weighted by Gasteiger charge is 2.29. The number of unbranched alkanes of at least 4 members (excludes halogenated alkanes) is 2. The van der Waals surface area contributed by atoms with Crippen LogP contribution in [0.2, 0.25) is 0 Å². The number of rotatable bonds is 12. The molecular weight excluding hydrogens is 536 g/mol. The molecule has 1 saturated carbocycles. The Labute approximate surface area is 244 Å². The summed E-state index contributed by atoms with van der Waals surface area (Å²) in [6.45, 7) is 8.70. The second kappa shape index (κ2) is 12.8. The van der Waals surface area contributed by atoms with Crippen LogP contribution in [-0.2, 0) is 13.0 Å². The maximum absolute atomic E-state index is 12.7. The van der Waals surface area contributed by atoms with Gasteiger partial charge in [-0.3, -0.25) is 24.0 Å². The quantitative estimate of drug-likeness (QED) is 0.280. The van der Waals surface area contributed by atoms with E-state index in [-0.39, 0.29) is 17.2 Å². The first-order chi connectivity index (χ1) is 20.2. The number of carboxylic acids is 1. The van der Waals surface area contributed by atoms with Crippen LogP contribution in [0.5, 0.6) is 0 Å². The number of pyridine rings is 1. The third-order valence-corrected chi connectivity index (χ3v) is 8.31. The summed E-state index contributed by atoms with van der Waals surface area (Å²) in [6, 6.07) is 9.17. The molecule has 0 spiro atoms. The van der Waals surface area contributed by atoms with Crippen molar-refractivity contribution < 1.29 is 9.90 Å². The first-order valence-electron chi connectivity index (χ1n) is 14.9. The molecule has 0 bridgehead atoms. The lowest BCUT2D eigenvalue weighted by Gasteiger charge is -2.37. The van der Waals surface area contributed by atoms with Crippen LogP contribution in [-0.4, -0.2) is 62.8 Å². The highest BCUT2D eigenvalue weighted by Crippen LogP contribution is 2.38. The highest BCUT2D eigenvalue weighted by atomic mass is 16.4. The molecule has 224 valence electrons. The number of anilines is 3. The number of aryl methyl sites for hydroxylation is 2. The molecular formula is C31H40N6O5. The SMILES string of the molecule is CCc1cc(Nc2cc(=O)n(CCCCCN3CCN(c4cc(=O)c(C(=O)O)cn4C4CC4)CC3)c(=O)[nH]2)ccc1C. The zero-order chi connectivity index (χ0) is 29.8. The van der Waals surface area contributed by atoms with E-state index in [4.69, 9.17) is 0 Å². The zero-order valence-electron chi connectivity index (χ0n) is 24.4. The third kappa shape index (κ3) is 6.84. The predicted octanol–water partition coefficient (Wildman–Crippen LogP) is 3.34. The summed E-state index contributed by atoms with van der Waals surface area (Å²) >= 11 is 0. The normalized spacial score (nSPS) is 15.6. The minimum Gasteiger partial charge on any atom is -0.477 e. The zero-order valence-corrected chi connectivity index (χ0v) is 24.4. The van der Waals surface area contributed by atoms with E-state index in [1.807, 2.05) is 22.8 Å². The molecule has 2 aromatic heterocycles. The van der Waals surface area contributed by atoms with Gasteiger partial charge in [0, 0.05) is 62.8 Å². The molecule has 0 unspecified atom stereocenters. The van der Waals surface area contributed by atoms with Gasteiger partial charge in [0.05, 0.1) is 0 Å². The molecule has 0 atom stereocenters. The van der Waals surface area contributed by atoms with Gasteiger partial charge in [0.15, 0.2) is 5.43 Å². The minimum atomic E-state index is -1.18. The maximum atomic E-state index is 12.7. The van der Waals surface area contributed by atoms with Crippen molar-refractivity contribution in [2.24, 2.45) is 0 Å². The first-order valence-corrected chi connectivity index (χ1v) is 14.9. The average molecular weight is 577 g/mol. The molecule has 11 heteroatoms. The van der Waals surface area contributed by atoms with Crippen molar-refractivity contribution in [3.63, 3.8) is 0 Å². The Morgan fingerprint density at radius 1 is 1.00 bits per heavy atom. The Kier molecular flexibility index (Phi) is 8.96. The van der Waals surface area contributed by atoms with Crippen LogP contribution in [0.4, 0.5) is 17.3 Å². The van der Waals surface area contributed by atoms with Gasteiger partial charge in [-0.1, -0.05) is 19.4 Å². The van der Waals surface area contributed by atoms with Crippen molar-refractivity contribution in [1.82, 2.24) is 19.0 Å². The molecule has 2 aliphatic rings. The molecule has 42 heavy (non-hydrogen) atoms. The van der Waals surface area contributed by atoms with Crippen molar-refractivity contribution >= 4 is 23.3 Å². The number of H-pyrrole nitrogens is 1. The van der Waals surface area contributed by atoms with E-state index in [1.165, 1.54) is 34.0 Å². The molecule has 0 radical (unpaired) electrons. The van der Waals surface area contributed by atoms with E-state index in [0.717, 1.165) is 82.8 Å². The molecule has 1 aliphatic heterocycles. The number of aromatic carboxylic acids is 1. The van der Waals surface area contributed by atoms with Crippen LogP contribution in [0, 0.1) is 6.92 Å². The fourth-order valence-corrected chi connectivity index (χ4v) is 5.67. The monoisotopic (exact) mass is 576 g/mol. The summed E-state index contributed by atoms with van der Waals surface area (Å²) in [5, 5.41) is 12.5. The van der Waals surface area contributed by atoms with E-state index >= 15 is 0 Å². The number of carboxylic acid groups (broad SMARTS) is 1. The molecule has 11 nitrogen and oxygen atoms in total. The van der Waals surface area contributed by atoms with E-state index in [0.29, 0.717) is 12.4 Å². The van der Waals surface area contributed by atoms with Crippen molar-refractivity contribution in [2.75, 3.05) is 42.9 Å². The number of aromatic nitrogens is 3. The lowest BCUT2D eigenvalue weighted by Crippen LogP contribution is -2.47. The number of carbonyl (C=O) groups is 1. The Morgan fingerprint density at radius 2 is 1.74 bits per heavy atom. The maximum Gasteiger partial charge on any atom is 0.341 e. The van der Waals surface area contributed by atoms with Crippen molar-refractivity contribution in [3.05, 3.63) is 84.3 Å². The Bertz CT molecular complexity index is 1580. The summed E-state index contributed by atoms with van der Waals surface area (Å²) < 4.78 is 3.23. The molecule has 5 rings (SSSR count). The van der Waals surface area contributed by atoms with Gasteiger partial charge in [0.25, 0.3) is 5.56 Å². The Balaban J connectivity index is 1.08. The predicted molar refractivity (Wildman–Crippen MR) is 164 cm³/mol. The number of benzene rings is 1. The third-order valence-electron chi connectivity index (χ3n) is 8.31. The fraction of sp³-hybridized carbons (Fsp3) is 0.484. The van der Waals surface area contributed by atoms with Crippen LogP contribution in [0.15, 0.2) is 50.9 Å². The first kappa shape index (κ1) is 29.4. The number of aromatic amines is 1. The van der Waals surface area contributed by atoms with Crippen molar-refractivity contribution in [1.29, 1.82) is 0 Å². The molecule has 2 fully saturated rings. The van der Waals surface area contributed by atoms with Gasteiger partial charge in [0.1, 0.15) is 17.2 Å². The summed E-state index contributed by atoms with van der Waals surface area (Å²) in [5.74, 6) is 0.0183. The van der Waals surface area contributed by atoms with E-state index < -0.39 is 17.1 Å². The van der Waals surface area contributed by atoms with Crippen molar-refractivity contribution in [3.8, 4) is 0 Å². The van der Waals surface area contributed by atoms with Gasteiger partial charge in [-0.2, -0.15) is 0 Å². The molecule has 3 N–H and O–H groups in total. The van der Waals surface area contributed by atoms with Crippen LogP contribution in [0.1, 0.15) is 66.6 Å². The lowest BCUT2D eigenvalue weighted by atomic mass is 10.1. The lowest BCUT2D eigenvalue weighted by molar-refractivity contribution is 0.0694. The van der Waals surface area contributed by atoms with Gasteiger partial charge >= 0.3 is 11.7 Å². The highest BCUT2D eigenvalue weighted by molar-refractivity contribution is 5.87. The Morgan fingerprint density at radius 3 is 2.40 bits per heavy atom. The fourth-order valence-electron chi connectivity index (χ4n) is 5.67. The number of nitrogens with zero attached hydrogens (tertiary/aromatic N) is 4. The van der Waals surface area contributed by atoms with E-state index in [1.54, 1.807) is 0 Å². The average Bonchev–Trinajstić information content (AvgIpc) is 3.81. The van der Waals surface area contributed by atoms with E-state index in [2.05, 4.69) is 33.9 Å². The van der Waals surface area contributed by atoms with Gasteiger partial charge in [0.2, 0.25) is 0 Å². The largest absolute Gasteiger partial charge is 0.477 e.